The quantitative estimate of drug-likeness (QED) is 0.536. The molecule has 0 radical (unpaired) electrons. The van der Waals surface area contributed by atoms with Crippen LogP contribution in [0.25, 0.3) is 11.1 Å². The zero-order valence-electron chi connectivity index (χ0n) is 18.7. The van der Waals surface area contributed by atoms with Crippen LogP contribution < -0.4 is 10.2 Å². The first-order valence-electron chi connectivity index (χ1n) is 11.1. The van der Waals surface area contributed by atoms with Crippen LogP contribution in [-0.4, -0.2) is 52.1 Å². The van der Waals surface area contributed by atoms with Crippen LogP contribution in [0.3, 0.4) is 0 Å². The summed E-state index contributed by atoms with van der Waals surface area (Å²) in [5, 5.41) is 16.0. The minimum Gasteiger partial charge on any atom is -0.477 e. The summed E-state index contributed by atoms with van der Waals surface area (Å²) < 4.78 is 6.99. The minimum atomic E-state index is -1.19. The van der Waals surface area contributed by atoms with Crippen LogP contribution in [0.1, 0.15) is 33.8 Å². The van der Waals surface area contributed by atoms with Crippen LogP contribution in [0.2, 0.25) is 0 Å². The second kappa shape index (κ2) is 8.99. The number of alkyl carbamates (subject to hydrolysis) is 1. The molecular weight excluding hydrogens is 448 g/mol. The molecule has 1 aliphatic carbocycles. The fraction of sp³-hybridized carbons (Fsp3) is 0.231. The molecule has 2 aliphatic rings. The average Bonchev–Trinajstić information content (AvgIpc) is 3.54. The molecule has 1 atom stereocenters. The summed E-state index contributed by atoms with van der Waals surface area (Å²) in [5.41, 5.74) is 4.28. The van der Waals surface area contributed by atoms with E-state index in [1.165, 1.54) is 15.8 Å². The Morgan fingerprint density at radius 2 is 1.77 bits per heavy atom. The monoisotopic (exact) mass is 470 g/mol. The van der Waals surface area contributed by atoms with Crippen LogP contribution in [0, 0.1) is 12.3 Å². The number of carbonyl (C=O) groups excluding carboxylic acids is 2. The molecule has 2 amide bonds. The normalized spacial score (nSPS) is 14.4. The molecule has 35 heavy (non-hydrogen) atoms. The van der Waals surface area contributed by atoms with Gasteiger partial charge in [0, 0.05) is 18.9 Å². The third-order valence-corrected chi connectivity index (χ3v) is 6.35. The number of carboxylic acid groups (broad SMARTS) is 1. The fourth-order valence-corrected chi connectivity index (χ4v) is 4.78. The van der Waals surface area contributed by atoms with Crippen molar-refractivity contribution in [3.8, 4) is 23.5 Å². The highest BCUT2D eigenvalue weighted by atomic mass is 16.5. The lowest BCUT2D eigenvalue weighted by Crippen LogP contribution is -2.48. The number of anilines is 1. The van der Waals surface area contributed by atoms with Gasteiger partial charge in [0.25, 0.3) is 5.91 Å². The van der Waals surface area contributed by atoms with Gasteiger partial charge in [0.15, 0.2) is 0 Å². The summed E-state index contributed by atoms with van der Waals surface area (Å²) in [6.45, 7) is 0.675. The maximum atomic E-state index is 13.2. The molecule has 0 spiro atoms. The predicted octanol–water partition coefficient (Wildman–Crippen LogP) is 2.86. The highest BCUT2D eigenvalue weighted by Gasteiger charge is 2.36. The van der Waals surface area contributed by atoms with Crippen LogP contribution in [-0.2, 0) is 16.1 Å². The third-order valence-electron chi connectivity index (χ3n) is 6.35. The van der Waals surface area contributed by atoms with Gasteiger partial charge in [-0.1, -0.05) is 48.5 Å². The van der Waals surface area contributed by atoms with Crippen LogP contribution in [0.4, 0.5) is 10.6 Å². The van der Waals surface area contributed by atoms with Crippen molar-refractivity contribution in [3.63, 3.8) is 0 Å². The van der Waals surface area contributed by atoms with E-state index in [1.54, 1.807) is 0 Å². The van der Waals surface area contributed by atoms with Crippen molar-refractivity contribution in [2.75, 3.05) is 18.1 Å². The Hall–Kier alpha value is -4.58. The molecular formula is C26H22N4O5. The van der Waals surface area contributed by atoms with E-state index in [-0.39, 0.29) is 36.9 Å². The SMILES string of the molecule is C#CCC(NC(=O)OCC1c2ccccc2-c2ccccc21)C(=O)N1CCn2ncc(C(=O)O)c21. The topological polar surface area (TPSA) is 114 Å². The molecule has 0 bridgehead atoms. The van der Waals surface area contributed by atoms with Crippen molar-refractivity contribution >= 4 is 23.8 Å². The molecule has 1 aliphatic heterocycles. The van der Waals surface area contributed by atoms with Crippen molar-refractivity contribution in [1.29, 1.82) is 0 Å². The summed E-state index contributed by atoms with van der Waals surface area (Å²) >= 11 is 0. The number of carboxylic acids is 1. The number of nitrogens with zero attached hydrogens (tertiary/aromatic N) is 3. The maximum absolute atomic E-state index is 13.2. The van der Waals surface area contributed by atoms with Gasteiger partial charge in [-0.05, 0) is 22.3 Å². The molecule has 1 unspecified atom stereocenters. The number of benzene rings is 2. The Labute approximate surface area is 201 Å². The summed E-state index contributed by atoms with van der Waals surface area (Å²) in [6.07, 6.45) is 5.81. The molecule has 0 fully saturated rings. The van der Waals surface area contributed by atoms with E-state index in [1.807, 2.05) is 48.5 Å². The smallest absolute Gasteiger partial charge is 0.407 e. The van der Waals surface area contributed by atoms with Gasteiger partial charge in [-0.25, -0.2) is 14.3 Å². The van der Waals surface area contributed by atoms with Gasteiger partial charge in [0.05, 0.1) is 12.7 Å². The van der Waals surface area contributed by atoms with Crippen LogP contribution >= 0.6 is 0 Å². The molecule has 0 saturated carbocycles. The summed E-state index contributed by atoms with van der Waals surface area (Å²) in [6, 6.07) is 14.9. The van der Waals surface area contributed by atoms with Crippen molar-refractivity contribution in [3.05, 3.63) is 71.4 Å². The number of rotatable bonds is 6. The summed E-state index contributed by atoms with van der Waals surface area (Å²) in [5.74, 6) is 0.749. The lowest BCUT2D eigenvalue weighted by atomic mass is 9.98. The summed E-state index contributed by atoms with van der Waals surface area (Å²) in [4.78, 5) is 38.8. The molecule has 9 nitrogen and oxygen atoms in total. The van der Waals surface area contributed by atoms with E-state index in [4.69, 9.17) is 11.2 Å². The minimum absolute atomic E-state index is 0.0733. The van der Waals surface area contributed by atoms with E-state index < -0.39 is 24.0 Å². The van der Waals surface area contributed by atoms with Gasteiger partial charge in [-0.2, -0.15) is 5.10 Å². The Kier molecular flexibility index (Phi) is 5.71. The molecule has 2 aromatic carbocycles. The first kappa shape index (κ1) is 22.2. The number of terminal acetylenes is 1. The standard InChI is InChI=1S/C26H22N4O5/c1-2-7-22(24(31)29-12-13-30-23(29)20(14-27-30)25(32)33)28-26(34)35-15-21-18-10-5-3-8-16(18)17-9-4-6-11-19(17)21/h1,3-6,8-11,14,21-22H,7,12-13,15H2,(H,28,34)(H,32,33). The molecule has 2 heterocycles. The number of hydrogen-bond acceptors (Lipinski definition) is 5. The van der Waals surface area contributed by atoms with E-state index in [0.717, 1.165) is 22.3 Å². The Morgan fingerprint density at radius 1 is 1.11 bits per heavy atom. The number of amides is 2. The molecule has 1 aromatic heterocycles. The first-order valence-corrected chi connectivity index (χ1v) is 11.1. The molecule has 5 rings (SSSR count). The lowest BCUT2D eigenvalue weighted by molar-refractivity contribution is -0.120. The first-order chi connectivity index (χ1) is 17.0. The number of ether oxygens (including phenoxy) is 1. The van der Waals surface area contributed by atoms with Crippen molar-refractivity contribution in [2.24, 2.45) is 0 Å². The Morgan fingerprint density at radius 3 is 2.40 bits per heavy atom. The molecule has 2 N–H and O–H groups in total. The number of aromatic carboxylic acids is 1. The Balaban J connectivity index is 1.29. The van der Waals surface area contributed by atoms with Gasteiger partial charge >= 0.3 is 12.1 Å². The van der Waals surface area contributed by atoms with E-state index in [0.29, 0.717) is 6.54 Å². The van der Waals surface area contributed by atoms with Gasteiger partial charge < -0.3 is 15.2 Å². The van der Waals surface area contributed by atoms with Gasteiger partial charge in [-0.3, -0.25) is 9.69 Å². The van der Waals surface area contributed by atoms with Crippen LogP contribution in [0.5, 0.6) is 0 Å². The maximum Gasteiger partial charge on any atom is 0.407 e. The lowest BCUT2D eigenvalue weighted by Gasteiger charge is -2.23. The zero-order valence-corrected chi connectivity index (χ0v) is 18.7. The van der Waals surface area contributed by atoms with Crippen molar-refractivity contribution < 1.29 is 24.2 Å². The average molecular weight is 470 g/mol. The molecule has 0 saturated heterocycles. The van der Waals surface area contributed by atoms with E-state index in [2.05, 4.69) is 16.3 Å². The van der Waals surface area contributed by atoms with E-state index in [9.17, 15) is 19.5 Å². The third kappa shape index (κ3) is 3.89. The fourth-order valence-electron chi connectivity index (χ4n) is 4.78. The highest BCUT2D eigenvalue weighted by molar-refractivity contribution is 6.04. The largest absolute Gasteiger partial charge is 0.477 e. The second-order valence-corrected chi connectivity index (χ2v) is 8.33. The summed E-state index contributed by atoms with van der Waals surface area (Å²) in [7, 11) is 0. The number of fused-ring (bicyclic) bond motifs is 4. The predicted molar refractivity (Wildman–Crippen MR) is 127 cm³/mol. The number of nitrogens with one attached hydrogen (secondary N) is 1. The zero-order chi connectivity index (χ0) is 24.5. The Bertz CT molecular complexity index is 1330. The van der Waals surface area contributed by atoms with Gasteiger partial charge in [0.1, 0.15) is 24.0 Å². The van der Waals surface area contributed by atoms with Crippen LogP contribution in [0.15, 0.2) is 54.7 Å². The van der Waals surface area contributed by atoms with Crippen molar-refractivity contribution in [1.82, 2.24) is 15.1 Å². The number of carbonyl (C=O) groups is 3. The van der Waals surface area contributed by atoms with Gasteiger partial charge in [0.2, 0.25) is 0 Å². The highest BCUT2D eigenvalue weighted by Crippen LogP contribution is 2.44. The van der Waals surface area contributed by atoms with Crippen molar-refractivity contribution in [2.45, 2.75) is 24.9 Å². The van der Waals surface area contributed by atoms with E-state index >= 15 is 0 Å². The number of hydrogen-bond donors (Lipinski definition) is 2. The molecule has 176 valence electrons. The second-order valence-electron chi connectivity index (χ2n) is 8.33. The number of aromatic nitrogens is 2. The van der Waals surface area contributed by atoms with Gasteiger partial charge in [-0.15, -0.1) is 12.3 Å². The molecule has 3 aromatic rings. The molecule has 9 heteroatoms.